The van der Waals surface area contributed by atoms with E-state index >= 15 is 0 Å². The van der Waals surface area contributed by atoms with Crippen molar-refractivity contribution in [3.63, 3.8) is 0 Å². The summed E-state index contributed by atoms with van der Waals surface area (Å²) in [6.45, 7) is 1.20. The largest absolute Gasteiger partial charge is 0.458 e. The van der Waals surface area contributed by atoms with Crippen molar-refractivity contribution >= 4 is 11.7 Å². The lowest BCUT2D eigenvalue weighted by atomic mass is 10.3. The van der Waals surface area contributed by atoms with E-state index in [-0.39, 0.29) is 18.0 Å². The fourth-order valence-corrected chi connectivity index (χ4v) is 1.84. The summed E-state index contributed by atoms with van der Waals surface area (Å²) in [6.07, 6.45) is 3.82. The summed E-state index contributed by atoms with van der Waals surface area (Å²) in [5, 5.41) is 5.45. The monoisotopic (exact) mass is 308 g/mol. The highest BCUT2D eigenvalue weighted by Crippen LogP contribution is 2.14. The molecule has 0 aromatic carbocycles. The predicted molar refractivity (Wildman–Crippen MR) is 79.9 cm³/mol. The number of carbonyl (C=O) groups is 1. The molecule has 22 heavy (non-hydrogen) atoms. The molecule has 2 rings (SSSR count). The fourth-order valence-electron chi connectivity index (χ4n) is 1.84. The van der Waals surface area contributed by atoms with Gasteiger partial charge in [0, 0.05) is 32.9 Å². The predicted octanol–water partition coefficient (Wildman–Crippen LogP) is -0.632. The molecule has 1 amide bonds. The second-order valence-electron chi connectivity index (χ2n) is 4.50. The number of amides is 1. The van der Waals surface area contributed by atoms with Crippen LogP contribution in [0, 0.1) is 0 Å². The molecule has 1 atom stereocenters. The summed E-state index contributed by atoms with van der Waals surface area (Å²) in [5.74, 6) is 0.00590. The number of carbonyl (C=O) groups excluding carboxylic acids is 1. The Labute approximate surface area is 128 Å². The van der Waals surface area contributed by atoms with Gasteiger partial charge in [0.15, 0.2) is 0 Å². The van der Waals surface area contributed by atoms with E-state index in [9.17, 15) is 4.79 Å². The Bertz CT molecular complexity index is 530. The number of hydrogen-bond donors (Lipinski definition) is 4. The van der Waals surface area contributed by atoms with E-state index in [1.54, 1.807) is 20.2 Å². The number of aromatic nitrogens is 2. The van der Waals surface area contributed by atoms with Crippen LogP contribution >= 0.6 is 0 Å². The molecular formula is C13H20N6O3. The van der Waals surface area contributed by atoms with E-state index in [4.69, 9.17) is 9.47 Å². The molecule has 0 radical (unpaired) electrons. The van der Waals surface area contributed by atoms with Crippen LogP contribution in [0.2, 0.25) is 0 Å². The first-order valence-electron chi connectivity index (χ1n) is 6.92. The number of nitrogens with zero attached hydrogens (tertiary/aromatic N) is 2. The van der Waals surface area contributed by atoms with Gasteiger partial charge in [-0.25, -0.2) is 10.4 Å². The quantitative estimate of drug-likeness (QED) is 0.389. The number of hydrogen-bond acceptors (Lipinski definition) is 8. The number of ether oxygens (including phenoxy) is 2. The minimum atomic E-state index is -0.349. The van der Waals surface area contributed by atoms with Gasteiger partial charge >= 0.3 is 6.01 Å². The van der Waals surface area contributed by atoms with E-state index in [1.165, 1.54) is 12.4 Å². The first kappa shape index (κ1) is 16.0. The molecule has 1 fully saturated rings. The SMILES string of the molecule is CN/C=C(\NNC)C(=O)Nc1ccnc(O[C@H]2CCOC2)n1. The van der Waals surface area contributed by atoms with E-state index in [1.807, 2.05) is 0 Å². The zero-order valence-corrected chi connectivity index (χ0v) is 12.5. The Morgan fingerprint density at radius 3 is 3.05 bits per heavy atom. The maximum Gasteiger partial charge on any atom is 0.318 e. The number of nitrogens with one attached hydrogen (secondary N) is 4. The zero-order chi connectivity index (χ0) is 15.8. The molecule has 120 valence electrons. The van der Waals surface area contributed by atoms with E-state index in [0.717, 1.165) is 6.42 Å². The van der Waals surface area contributed by atoms with Crippen LogP contribution in [0.3, 0.4) is 0 Å². The molecule has 0 bridgehead atoms. The minimum Gasteiger partial charge on any atom is -0.458 e. The molecule has 9 heteroatoms. The van der Waals surface area contributed by atoms with Crippen molar-refractivity contribution in [1.29, 1.82) is 0 Å². The van der Waals surface area contributed by atoms with Gasteiger partial charge < -0.3 is 25.5 Å². The lowest BCUT2D eigenvalue weighted by Crippen LogP contribution is -2.34. The van der Waals surface area contributed by atoms with Gasteiger partial charge in [-0.15, -0.1) is 0 Å². The van der Waals surface area contributed by atoms with Crippen LogP contribution in [-0.2, 0) is 9.53 Å². The normalized spacial score (nSPS) is 17.9. The molecule has 0 aliphatic carbocycles. The van der Waals surface area contributed by atoms with Crippen LogP contribution < -0.4 is 26.2 Å². The molecule has 0 unspecified atom stereocenters. The third kappa shape index (κ3) is 4.57. The maximum absolute atomic E-state index is 12.1. The summed E-state index contributed by atoms with van der Waals surface area (Å²) < 4.78 is 10.8. The molecule has 1 aliphatic heterocycles. The summed E-state index contributed by atoms with van der Waals surface area (Å²) in [5.41, 5.74) is 5.73. The number of anilines is 1. The third-order valence-electron chi connectivity index (χ3n) is 2.83. The maximum atomic E-state index is 12.1. The molecule has 2 heterocycles. The Morgan fingerprint density at radius 2 is 2.36 bits per heavy atom. The summed E-state index contributed by atoms with van der Waals surface area (Å²) in [4.78, 5) is 20.3. The van der Waals surface area contributed by atoms with Crippen molar-refractivity contribution in [2.24, 2.45) is 0 Å². The fraction of sp³-hybridized carbons (Fsp3) is 0.462. The van der Waals surface area contributed by atoms with E-state index in [0.29, 0.717) is 24.7 Å². The molecule has 1 aromatic rings. The molecule has 0 saturated carbocycles. The molecule has 9 nitrogen and oxygen atoms in total. The molecule has 1 aromatic heterocycles. The number of hydrazine groups is 1. The topological polar surface area (TPSA) is 109 Å². The first-order valence-corrected chi connectivity index (χ1v) is 6.92. The van der Waals surface area contributed by atoms with E-state index < -0.39 is 0 Å². The summed E-state index contributed by atoms with van der Waals surface area (Å²) in [7, 11) is 3.36. The Balaban J connectivity index is 1.99. The Morgan fingerprint density at radius 1 is 1.50 bits per heavy atom. The highest BCUT2D eigenvalue weighted by Gasteiger charge is 2.18. The van der Waals surface area contributed by atoms with Crippen LogP contribution in [0.15, 0.2) is 24.2 Å². The van der Waals surface area contributed by atoms with Gasteiger partial charge in [0.2, 0.25) is 0 Å². The lowest BCUT2D eigenvalue weighted by molar-refractivity contribution is -0.113. The third-order valence-corrected chi connectivity index (χ3v) is 2.83. The Hall–Kier alpha value is -2.39. The molecule has 1 saturated heterocycles. The average Bonchev–Trinajstić information content (AvgIpc) is 3.00. The van der Waals surface area contributed by atoms with Crippen LogP contribution in [0.25, 0.3) is 0 Å². The molecular weight excluding hydrogens is 288 g/mol. The van der Waals surface area contributed by atoms with Gasteiger partial charge in [0.1, 0.15) is 17.6 Å². The van der Waals surface area contributed by atoms with Crippen molar-refractivity contribution in [2.45, 2.75) is 12.5 Å². The average molecular weight is 308 g/mol. The van der Waals surface area contributed by atoms with Gasteiger partial charge in [-0.3, -0.25) is 4.79 Å². The summed E-state index contributed by atoms with van der Waals surface area (Å²) in [6, 6.07) is 1.81. The standard InChI is InChI=1S/C13H20N6O3/c1-14-7-10(19-15-2)12(20)17-11-3-5-16-13(18-11)22-9-4-6-21-8-9/h3,5,7,9,14-15,19H,4,6,8H2,1-2H3,(H,16,17,18,20)/b10-7-/t9-/m0/s1. The van der Waals surface area contributed by atoms with Crippen molar-refractivity contribution in [2.75, 3.05) is 32.6 Å². The highest BCUT2D eigenvalue weighted by atomic mass is 16.6. The minimum absolute atomic E-state index is 0.0448. The van der Waals surface area contributed by atoms with Crippen LogP contribution in [0.1, 0.15) is 6.42 Å². The van der Waals surface area contributed by atoms with E-state index in [2.05, 4.69) is 31.5 Å². The van der Waals surface area contributed by atoms with Crippen molar-refractivity contribution in [3.8, 4) is 6.01 Å². The first-order chi connectivity index (χ1) is 10.7. The molecule has 0 spiro atoms. The lowest BCUT2D eigenvalue weighted by Gasteiger charge is -2.12. The van der Waals surface area contributed by atoms with Crippen LogP contribution in [-0.4, -0.2) is 49.3 Å². The second kappa shape index (κ2) is 8.15. The Kier molecular flexibility index (Phi) is 5.92. The number of rotatable bonds is 7. The van der Waals surface area contributed by atoms with Crippen molar-refractivity contribution < 1.29 is 14.3 Å². The van der Waals surface area contributed by atoms with Gasteiger partial charge in [-0.05, 0) is 6.07 Å². The van der Waals surface area contributed by atoms with Crippen molar-refractivity contribution in [1.82, 2.24) is 26.1 Å². The van der Waals surface area contributed by atoms with Gasteiger partial charge in [0.05, 0.1) is 13.2 Å². The smallest absolute Gasteiger partial charge is 0.318 e. The zero-order valence-electron chi connectivity index (χ0n) is 12.5. The second-order valence-corrected chi connectivity index (χ2v) is 4.50. The van der Waals surface area contributed by atoms with Crippen LogP contribution in [0.5, 0.6) is 6.01 Å². The molecule has 1 aliphatic rings. The van der Waals surface area contributed by atoms with Crippen LogP contribution in [0.4, 0.5) is 5.82 Å². The van der Waals surface area contributed by atoms with Gasteiger partial charge in [-0.1, -0.05) is 0 Å². The summed E-state index contributed by atoms with van der Waals surface area (Å²) >= 11 is 0. The van der Waals surface area contributed by atoms with Gasteiger partial charge in [-0.2, -0.15) is 4.98 Å². The highest BCUT2D eigenvalue weighted by molar-refractivity contribution is 6.02. The van der Waals surface area contributed by atoms with Gasteiger partial charge in [0.25, 0.3) is 5.91 Å². The van der Waals surface area contributed by atoms with Crippen molar-refractivity contribution in [3.05, 3.63) is 24.2 Å². The molecule has 4 N–H and O–H groups in total.